The summed E-state index contributed by atoms with van der Waals surface area (Å²) < 4.78 is 31.8. The topological polar surface area (TPSA) is 46.6 Å². The largest absolute Gasteiger partial charge is 0.384 e. The van der Waals surface area contributed by atoms with Crippen molar-refractivity contribution in [1.29, 1.82) is 0 Å². The maximum absolute atomic E-state index is 12.5. The van der Waals surface area contributed by atoms with Crippen molar-refractivity contribution in [3.63, 3.8) is 0 Å². The van der Waals surface area contributed by atoms with Gasteiger partial charge < -0.3 is 4.74 Å². The third kappa shape index (κ3) is 3.31. The summed E-state index contributed by atoms with van der Waals surface area (Å²) >= 11 is 7.19. The van der Waals surface area contributed by atoms with Crippen molar-refractivity contribution < 1.29 is 13.2 Å². The Morgan fingerprint density at radius 3 is 2.74 bits per heavy atom. The Kier molecular flexibility index (Phi) is 5.25. The van der Waals surface area contributed by atoms with Crippen molar-refractivity contribution in [2.75, 3.05) is 26.8 Å². The molecule has 1 aromatic heterocycles. The van der Waals surface area contributed by atoms with Crippen LogP contribution in [0.1, 0.15) is 17.7 Å². The average Bonchev–Trinajstić information content (AvgIpc) is 2.89. The Morgan fingerprint density at radius 1 is 1.47 bits per heavy atom. The van der Waals surface area contributed by atoms with Gasteiger partial charge in [-0.2, -0.15) is 4.31 Å². The van der Waals surface area contributed by atoms with E-state index in [1.165, 1.54) is 11.3 Å². The molecule has 0 unspecified atom stereocenters. The smallest absolute Gasteiger partial charge is 0.244 e. The zero-order valence-corrected chi connectivity index (χ0v) is 13.2. The highest BCUT2D eigenvalue weighted by molar-refractivity contribution is 7.89. The van der Waals surface area contributed by atoms with Crippen LogP contribution in [0.5, 0.6) is 0 Å². The summed E-state index contributed by atoms with van der Waals surface area (Å²) in [5, 5.41) is 1.78. The minimum Gasteiger partial charge on any atom is -0.384 e. The summed E-state index contributed by atoms with van der Waals surface area (Å²) in [7, 11) is -1.70. The second kappa shape index (κ2) is 6.54. The van der Waals surface area contributed by atoms with E-state index in [2.05, 4.69) is 0 Å². The van der Waals surface area contributed by atoms with E-state index in [0.29, 0.717) is 30.5 Å². The number of alkyl halides is 1. The Balaban J connectivity index is 2.10. The first-order chi connectivity index (χ1) is 9.09. The predicted octanol–water partition coefficient (Wildman–Crippen LogP) is 2.53. The highest BCUT2D eigenvalue weighted by Gasteiger charge is 2.31. The van der Waals surface area contributed by atoms with E-state index in [9.17, 15) is 8.42 Å². The molecule has 0 N–H and O–H groups in total. The van der Waals surface area contributed by atoms with E-state index in [0.717, 1.165) is 17.7 Å². The Bertz CT molecular complexity index is 507. The zero-order chi connectivity index (χ0) is 13.9. The van der Waals surface area contributed by atoms with Crippen molar-refractivity contribution in [3.8, 4) is 0 Å². The maximum atomic E-state index is 12.5. The van der Waals surface area contributed by atoms with Gasteiger partial charge in [0, 0.05) is 31.7 Å². The van der Waals surface area contributed by atoms with Gasteiger partial charge in [-0.15, -0.1) is 22.9 Å². The molecule has 0 aliphatic carbocycles. The van der Waals surface area contributed by atoms with Crippen LogP contribution in [0, 0.1) is 5.92 Å². The molecule has 0 atom stereocenters. The molecule has 0 spiro atoms. The van der Waals surface area contributed by atoms with E-state index in [1.807, 2.05) is 0 Å². The molecule has 7 heteroatoms. The van der Waals surface area contributed by atoms with E-state index in [4.69, 9.17) is 16.3 Å². The van der Waals surface area contributed by atoms with E-state index in [1.54, 1.807) is 22.9 Å². The zero-order valence-electron chi connectivity index (χ0n) is 10.8. The van der Waals surface area contributed by atoms with Crippen LogP contribution in [0.4, 0.5) is 0 Å². The van der Waals surface area contributed by atoms with Crippen LogP contribution in [-0.2, 0) is 20.6 Å². The van der Waals surface area contributed by atoms with E-state index < -0.39 is 10.0 Å². The van der Waals surface area contributed by atoms with Gasteiger partial charge in [0.2, 0.25) is 10.0 Å². The number of piperidine rings is 1. The lowest BCUT2D eigenvalue weighted by Gasteiger charge is -2.30. The van der Waals surface area contributed by atoms with Gasteiger partial charge in [-0.05, 0) is 30.2 Å². The molecule has 108 valence electrons. The number of halogens is 1. The molecule has 0 saturated carbocycles. The van der Waals surface area contributed by atoms with Gasteiger partial charge in [-0.3, -0.25) is 0 Å². The van der Waals surface area contributed by atoms with Crippen LogP contribution in [0.25, 0.3) is 0 Å². The van der Waals surface area contributed by atoms with Crippen LogP contribution in [-0.4, -0.2) is 39.5 Å². The van der Waals surface area contributed by atoms with Gasteiger partial charge in [0.05, 0.1) is 10.8 Å². The SMILES string of the molecule is COCC1CCN(S(=O)(=O)c2ccsc2CCl)CC1. The Hall–Kier alpha value is -0.140. The third-order valence-electron chi connectivity index (χ3n) is 3.42. The summed E-state index contributed by atoms with van der Waals surface area (Å²) in [5.74, 6) is 0.707. The van der Waals surface area contributed by atoms with Crippen molar-refractivity contribution in [3.05, 3.63) is 16.3 Å². The first kappa shape index (κ1) is 15.3. The molecule has 0 amide bonds. The second-order valence-corrected chi connectivity index (χ2v) is 7.82. The van der Waals surface area contributed by atoms with Gasteiger partial charge in [-0.25, -0.2) is 8.42 Å². The number of nitrogens with zero attached hydrogens (tertiary/aromatic N) is 1. The molecule has 1 fully saturated rings. The second-order valence-electron chi connectivity index (χ2n) is 4.64. The standard InChI is InChI=1S/C12H18ClNO3S2/c1-17-9-10-2-5-14(6-3-10)19(15,16)12-4-7-18-11(12)8-13/h4,7,10H,2-3,5-6,8-9H2,1H3. The van der Waals surface area contributed by atoms with Crippen LogP contribution >= 0.6 is 22.9 Å². The summed E-state index contributed by atoms with van der Waals surface area (Å²) in [6.45, 7) is 1.83. The highest BCUT2D eigenvalue weighted by Crippen LogP contribution is 2.29. The summed E-state index contributed by atoms with van der Waals surface area (Å²) in [6, 6.07) is 1.65. The van der Waals surface area contributed by atoms with Gasteiger partial charge >= 0.3 is 0 Å². The quantitative estimate of drug-likeness (QED) is 0.782. The van der Waals surface area contributed by atoms with Crippen LogP contribution < -0.4 is 0 Å². The van der Waals surface area contributed by atoms with Crippen molar-refractivity contribution in [2.24, 2.45) is 5.92 Å². The molecule has 1 aromatic rings. The third-order valence-corrected chi connectivity index (χ3v) is 6.88. The molecule has 1 aliphatic heterocycles. The van der Waals surface area contributed by atoms with Crippen molar-refractivity contribution in [2.45, 2.75) is 23.6 Å². The van der Waals surface area contributed by atoms with E-state index in [-0.39, 0.29) is 5.88 Å². The normalized spacial score (nSPS) is 18.8. The first-order valence-electron chi connectivity index (χ1n) is 6.21. The molecule has 0 radical (unpaired) electrons. The Labute approximate surface area is 123 Å². The fourth-order valence-corrected chi connectivity index (χ4v) is 5.49. The summed E-state index contributed by atoms with van der Waals surface area (Å²) in [4.78, 5) is 1.10. The lowest BCUT2D eigenvalue weighted by atomic mass is 9.99. The average molecular weight is 324 g/mol. The van der Waals surface area contributed by atoms with Crippen molar-refractivity contribution in [1.82, 2.24) is 4.31 Å². The lowest BCUT2D eigenvalue weighted by Crippen LogP contribution is -2.39. The van der Waals surface area contributed by atoms with Crippen molar-refractivity contribution >= 4 is 33.0 Å². The summed E-state index contributed by atoms with van der Waals surface area (Å²) in [6.07, 6.45) is 1.71. The van der Waals surface area contributed by atoms with Crippen LogP contribution in [0.2, 0.25) is 0 Å². The number of hydrogen-bond acceptors (Lipinski definition) is 4. The number of hydrogen-bond donors (Lipinski definition) is 0. The molecule has 1 aliphatic rings. The maximum Gasteiger partial charge on any atom is 0.244 e. The number of thiophene rings is 1. The predicted molar refractivity (Wildman–Crippen MR) is 77.2 cm³/mol. The molecular formula is C12H18ClNO3S2. The molecule has 0 aromatic carbocycles. The molecule has 1 saturated heterocycles. The molecule has 2 rings (SSSR count). The molecular weight excluding hydrogens is 306 g/mol. The first-order valence-corrected chi connectivity index (χ1v) is 9.06. The van der Waals surface area contributed by atoms with Gasteiger partial charge in [0.25, 0.3) is 0 Å². The van der Waals surface area contributed by atoms with Crippen LogP contribution in [0.15, 0.2) is 16.3 Å². The summed E-state index contributed by atoms with van der Waals surface area (Å²) in [5.41, 5.74) is 0. The minimum absolute atomic E-state index is 0.242. The van der Waals surface area contributed by atoms with Crippen LogP contribution in [0.3, 0.4) is 0 Å². The number of methoxy groups -OCH3 is 1. The number of sulfonamides is 1. The van der Waals surface area contributed by atoms with Gasteiger partial charge in [-0.1, -0.05) is 0 Å². The Morgan fingerprint density at radius 2 is 2.16 bits per heavy atom. The number of ether oxygens (including phenoxy) is 1. The molecule has 19 heavy (non-hydrogen) atoms. The number of rotatable bonds is 5. The molecule has 0 bridgehead atoms. The fraction of sp³-hybridized carbons (Fsp3) is 0.667. The fourth-order valence-electron chi connectivity index (χ4n) is 2.35. The van der Waals surface area contributed by atoms with Gasteiger partial charge in [0.15, 0.2) is 0 Å². The minimum atomic E-state index is -3.38. The van der Waals surface area contributed by atoms with Gasteiger partial charge in [0.1, 0.15) is 0 Å². The lowest BCUT2D eigenvalue weighted by molar-refractivity contribution is 0.121. The molecule has 4 nitrogen and oxygen atoms in total. The molecule has 2 heterocycles. The monoisotopic (exact) mass is 323 g/mol. The van der Waals surface area contributed by atoms with E-state index >= 15 is 0 Å². The highest BCUT2D eigenvalue weighted by atomic mass is 35.5.